The van der Waals surface area contributed by atoms with Crippen LogP contribution in [0.15, 0.2) is 73.3 Å². The molecule has 6 rings (SSSR count). The minimum Gasteiger partial charge on any atom is -0.389 e. The van der Waals surface area contributed by atoms with Crippen LogP contribution in [0.25, 0.3) is 44.8 Å². The number of H-pyrrole nitrogens is 1. The second-order valence-electron chi connectivity index (χ2n) is 18.4. The van der Waals surface area contributed by atoms with Crippen LogP contribution in [0, 0.1) is 14.4 Å². The molecule has 4 heterocycles. The molecule has 0 fully saturated rings. The summed E-state index contributed by atoms with van der Waals surface area (Å²) in [6.45, 7) is 23.5. The number of hydrogen-bond acceptors (Lipinski definition) is 9. The molecule has 0 unspecified atom stereocenters. The summed E-state index contributed by atoms with van der Waals surface area (Å²) in [5.41, 5.74) is 6.09. The molecule has 0 saturated heterocycles. The molecule has 0 spiro atoms. The number of benzene rings is 2. The van der Waals surface area contributed by atoms with E-state index >= 15 is 0 Å². The van der Waals surface area contributed by atoms with Gasteiger partial charge < -0.3 is 24.7 Å². The standard InChI is InChI=1S/C23H30IN3O2Si.C21H26N4O2/c1-23(2,3)21(28)18-14-27(15-29-10-11-30(4,5)6)22-20(18)26-19(13-25-22)16-8-7-9-17(24)12-16;1-20(2,3)18(26)15-10-22-19-17(15)25-16(11-23-19)13-7-6-8-14(9-13)24-12-21(4,5)27/h7-9,12-14H,10-11,15H2,1-6H3;6-11,24,27H,12H2,1-5H3,(H,22,23). The van der Waals surface area contributed by atoms with Crippen LogP contribution in [0.3, 0.4) is 0 Å². The average Bonchev–Trinajstić information content (AvgIpc) is 3.71. The van der Waals surface area contributed by atoms with Gasteiger partial charge in [0.25, 0.3) is 0 Å². The van der Waals surface area contributed by atoms with Crippen LogP contribution in [-0.4, -0.2) is 73.0 Å². The SMILES string of the molecule is CC(C)(C)C(=O)c1cn(COCC[Si](C)(C)C)c2ncc(-c3cccc(I)c3)nc12.CC(C)(O)CNc1cccc(-c2cnc3[nH]cc(C(=O)C(C)(C)C)c3n2)c1. The van der Waals surface area contributed by atoms with Crippen LogP contribution in [-0.2, 0) is 11.5 Å². The topological polar surface area (TPSA) is 148 Å². The molecule has 4 aromatic heterocycles. The number of carbonyl (C=O) groups is 2. The van der Waals surface area contributed by atoms with Gasteiger partial charge in [0.2, 0.25) is 0 Å². The number of Topliss-reactive ketones (excluding diaryl/α,β-unsaturated/α-hetero) is 2. The van der Waals surface area contributed by atoms with Crippen LogP contribution >= 0.6 is 22.6 Å². The van der Waals surface area contributed by atoms with E-state index in [-0.39, 0.29) is 11.6 Å². The van der Waals surface area contributed by atoms with Crippen molar-refractivity contribution >= 4 is 70.2 Å². The molecule has 0 aliphatic carbocycles. The third-order valence-electron chi connectivity index (χ3n) is 9.03. The van der Waals surface area contributed by atoms with E-state index in [2.05, 4.69) is 68.6 Å². The van der Waals surface area contributed by atoms with Gasteiger partial charge in [-0.2, -0.15) is 0 Å². The van der Waals surface area contributed by atoms with E-state index < -0.39 is 24.5 Å². The van der Waals surface area contributed by atoms with Gasteiger partial charge in [-0.25, -0.2) is 19.9 Å². The Balaban J connectivity index is 0.000000219. The lowest BCUT2D eigenvalue weighted by Gasteiger charge is -2.18. The highest BCUT2D eigenvalue weighted by molar-refractivity contribution is 14.1. The van der Waals surface area contributed by atoms with Gasteiger partial charge in [-0.3, -0.25) is 9.59 Å². The van der Waals surface area contributed by atoms with Gasteiger partial charge in [0, 0.05) is 64.8 Å². The monoisotopic (exact) mass is 901 g/mol. The number of hydrogen-bond donors (Lipinski definition) is 3. The fourth-order valence-corrected chi connectivity index (χ4v) is 7.06. The molecular weight excluding hydrogens is 846 g/mol. The van der Waals surface area contributed by atoms with Crippen molar-refractivity contribution in [2.45, 2.75) is 93.4 Å². The van der Waals surface area contributed by atoms with Gasteiger partial charge in [0.15, 0.2) is 22.9 Å². The highest BCUT2D eigenvalue weighted by Crippen LogP contribution is 2.30. The molecule has 13 heteroatoms. The Labute approximate surface area is 350 Å². The summed E-state index contributed by atoms with van der Waals surface area (Å²) < 4.78 is 8.97. The fourth-order valence-electron chi connectivity index (χ4n) is 5.76. The fraction of sp³-hybridized carbons (Fsp3) is 0.409. The number of halogens is 1. The van der Waals surface area contributed by atoms with Crippen LogP contribution in [0.2, 0.25) is 25.7 Å². The quantitative estimate of drug-likeness (QED) is 0.0472. The number of ketones is 2. The summed E-state index contributed by atoms with van der Waals surface area (Å²) in [4.78, 5) is 47.5. The highest BCUT2D eigenvalue weighted by atomic mass is 127. The second kappa shape index (κ2) is 17.3. The van der Waals surface area contributed by atoms with Gasteiger partial charge in [0.05, 0.1) is 40.5 Å². The Hall–Kier alpha value is -4.31. The predicted octanol–water partition coefficient (Wildman–Crippen LogP) is 10.3. The summed E-state index contributed by atoms with van der Waals surface area (Å²) in [6, 6.07) is 17.0. The Bertz CT molecular complexity index is 2380. The zero-order valence-corrected chi connectivity index (χ0v) is 38.2. The minimum atomic E-state index is -1.15. The van der Waals surface area contributed by atoms with Crippen molar-refractivity contribution < 1.29 is 19.4 Å². The van der Waals surface area contributed by atoms with Crippen molar-refractivity contribution in [1.82, 2.24) is 29.5 Å². The molecule has 0 bridgehead atoms. The van der Waals surface area contributed by atoms with E-state index in [1.54, 1.807) is 32.4 Å². The maximum atomic E-state index is 13.1. The van der Waals surface area contributed by atoms with E-state index in [0.717, 1.165) is 32.1 Å². The molecule has 0 amide bonds. The normalized spacial score (nSPS) is 12.4. The average molecular weight is 902 g/mol. The van der Waals surface area contributed by atoms with Crippen LogP contribution in [0.5, 0.6) is 0 Å². The second-order valence-corrected chi connectivity index (χ2v) is 25.2. The Morgan fingerprint density at radius 1 is 0.842 bits per heavy atom. The van der Waals surface area contributed by atoms with Crippen molar-refractivity contribution in [3.8, 4) is 22.5 Å². The molecule has 302 valence electrons. The molecule has 3 N–H and O–H groups in total. The van der Waals surface area contributed by atoms with Crippen LogP contribution in [0.1, 0.15) is 76.1 Å². The highest BCUT2D eigenvalue weighted by Gasteiger charge is 2.29. The maximum absolute atomic E-state index is 13.1. The number of carbonyl (C=O) groups excluding carboxylic acids is 2. The van der Waals surface area contributed by atoms with E-state index in [0.29, 0.717) is 59.0 Å². The molecule has 2 aromatic carbocycles. The number of rotatable bonds is 12. The number of aromatic nitrogens is 6. The summed E-state index contributed by atoms with van der Waals surface area (Å²) in [6.07, 6.45) is 7.01. The zero-order valence-electron chi connectivity index (χ0n) is 35.0. The number of fused-ring (bicyclic) bond motifs is 2. The first-order chi connectivity index (χ1) is 26.5. The zero-order chi connectivity index (χ0) is 41.9. The third-order valence-corrected chi connectivity index (χ3v) is 11.4. The number of anilines is 1. The number of aliphatic hydroxyl groups is 1. The number of ether oxygens (including phenoxy) is 1. The van der Waals surface area contributed by atoms with Crippen molar-refractivity contribution in [3.63, 3.8) is 0 Å². The van der Waals surface area contributed by atoms with E-state index in [4.69, 9.17) is 14.7 Å². The molecule has 0 radical (unpaired) electrons. The lowest BCUT2D eigenvalue weighted by Crippen LogP contribution is -2.29. The molecule has 0 aliphatic heterocycles. The Morgan fingerprint density at radius 2 is 1.44 bits per heavy atom. The van der Waals surface area contributed by atoms with Gasteiger partial charge in [-0.1, -0.05) is 85.4 Å². The lowest BCUT2D eigenvalue weighted by molar-refractivity contribution is 0.0846. The maximum Gasteiger partial charge on any atom is 0.171 e. The third kappa shape index (κ3) is 11.6. The first-order valence-corrected chi connectivity index (χ1v) is 24.0. The lowest BCUT2D eigenvalue weighted by atomic mass is 9.87. The first kappa shape index (κ1) is 43.8. The van der Waals surface area contributed by atoms with Crippen molar-refractivity contribution in [1.29, 1.82) is 0 Å². The molecule has 57 heavy (non-hydrogen) atoms. The van der Waals surface area contributed by atoms with E-state index in [9.17, 15) is 14.7 Å². The summed E-state index contributed by atoms with van der Waals surface area (Å²) in [5.74, 6) is 0.0863. The summed E-state index contributed by atoms with van der Waals surface area (Å²) in [5, 5.41) is 13.1. The van der Waals surface area contributed by atoms with E-state index in [1.807, 2.05) is 94.8 Å². The predicted molar refractivity (Wildman–Crippen MR) is 241 cm³/mol. The van der Waals surface area contributed by atoms with E-state index in [1.165, 1.54) is 0 Å². The number of aromatic amines is 1. The molecule has 6 aromatic rings. The van der Waals surface area contributed by atoms with Crippen molar-refractivity contribution in [2.24, 2.45) is 10.8 Å². The molecule has 0 aliphatic rings. The molecule has 0 saturated carbocycles. The minimum absolute atomic E-state index is 0.0285. The van der Waals surface area contributed by atoms with Gasteiger partial charge in [-0.15, -0.1) is 0 Å². The number of nitrogens with zero attached hydrogens (tertiary/aromatic N) is 5. The molecule has 0 atom stereocenters. The van der Waals surface area contributed by atoms with Crippen LogP contribution < -0.4 is 5.32 Å². The molecule has 11 nitrogen and oxygen atoms in total. The smallest absolute Gasteiger partial charge is 0.171 e. The van der Waals surface area contributed by atoms with Gasteiger partial charge >= 0.3 is 0 Å². The number of nitrogens with one attached hydrogen (secondary N) is 2. The van der Waals surface area contributed by atoms with Gasteiger partial charge in [-0.05, 0) is 66.7 Å². The van der Waals surface area contributed by atoms with Crippen molar-refractivity contribution in [2.75, 3.05) is 18.5 Å². The molecular formula is C44H56IN7O4Si. The Kier molecular flexibility index (Phi) is 13.3. The largest absolute Gasteiger partial charge is 0.389 e. The van der Waals surface area contributed by atoms with Crippen molar-refractivity contribution in [3.05, 3.63) is 88.0 Å². The summed E-state index contributed by atoms with van der Waals surface area (Å²) in [7, 11) is -1.15. The van der Waals surface area contributed by atoms with Gasteiger partial charge in [0.1, 0.15) is 17.8 Å². The Morgan fingerprint density at radius 3 is 2.05 bits per heavy atom. The first-order valence-electron chi connectivity index (χ1n) is 19.2. The summed E-state index contributed by atoms with van der Waals surface area (Å²) >= 11 is 2.29. The van der Waals surface area contributed by atoms with Crippen LogP contribution in [0.4, 0.5) is 5.69 Å².